The molecule has 1 aromatic carbocycles. The van der Waals surface area contributed by atoms with Crippen LogP contribution in [0.15, 0.2) is 18.2 Å². The fourth-order valence-corrected chi connectivity index (χ4v) is 4.67. The molecular weight excluding hydrogens is 322 g/mol. The van der Waals surface area contributed by atoms with Gasteiger partial charge in [-0.25, -0.2) is 4.98 Å². The standard InChI is InChI=1S/C18H23N3O2S/c1-2-23-14-6-5-7-15-16(14)19-18(24-15)21-11-8-13(12-21)17(22)20-9-3-4-10-20/h5-7,13H,2-4,8-12H2,1H3. The first-order chi connectivity index (χ1) is 11.8. The SMILES string of the molecule is CCOc1cccc2sc(N3CCC(C(=O)N4CCCC4)C3)nc12. The van der Waals surface area contributed by atoms with Crippen molar-refractivity contribution in [3.8, 4) is 5.75 Å². The largest absolute Gasteiger partial charge is 0.492 e. The monoisotopic (exact) mass is 345 g/mol. The highest BCUT2D eigenvalue weighted by molar-refractivity contribution is 7.22. The first-order valence-corrected chi connectivity index (χ1v) is 9.64. The second-order valence-corrected chi connectivity index (χ2v) is 7.51. The number of carbonyl (C=O) groups excluding carboxylic acids is 1. The number of fused-ring (bicyclic) bond motifs is 1. The van der Waals surface area contributed by atoms with Gasteiger partial charge in [-0.1, -0.05) is 17.4 Å². The fourth-order valence-electron chi connectivity index (χ4n) is 3.65. The molecule has 128 valence electrons. The first-order valence-electron chi connectivity index (χ1n) is 8.82. The number of para-hydroxylation sites is 1. The van der Waals surface area contributed by atoms with Crippen LogP contribution in [0.4, 0.5) is 5.13 Å². The van der Waals surface area contributed by atoms with E-state index >= 15 is 0 Å². The number of rotatable bonds is 4. The van der Waals surface area contributed by atoms with Gasteiger partial charge in [0.15, 0.2) is 5.13 Å². The predicted molar refractivity (Wildman–Crippen MR) is 96.9 cm³/mol. The molecule has 1 amide bonds. The van der Waals surface area contributed by atoms with E-state index in [4.69, 9.17) is 9.72 Å². The summed E-state index contributed by atoms with van der Waals surface area (Å²) in [6, 6.07) is 6.07. The van der Waals surface area contributed by atoms with E-state index in [2.05, 4.69) is 11.0 Å². The molecule has 2 saturated heterocycles. The molecule has 0 saturated carbocycles. The van der Waals surface area contributed by atoms with E-state index in [1.807, 2.05) is 24.0 Å². The number of nitrogens with zero attached hydrogens (tertiary/aromatic N) is 3. The lowest BCUT2D eigenvalue weighted by Crippen LogP contribution is -2.35. The van der Waals surface area contributed by atoms with E-state index in [-0.39, 0.29) is 5.92 Å². The van der Waals surface area contributed by atoms with Gasteiger partial charge in [0.25, 0.3) is 0 Å². The van der Waals surface area contributed by atoms with Crippen LogP contribution >= 0.6 is 11.3 Å². The third-order valence-electron chi connectivity index (χ3n) is 4.90. The van der Waals surface area contributed by atoms with Gasteiger partial charge < -0.3 is 14.5 Å². The molecule has 3 heterocycles. The van der Waals surface area contributed by atoms with E-state index in [1.165, 1.54) is 0 Å². The molecule has 2 fully saturated rings. The molecule has 0 N–H and O–H groups in total. The average molecular weight is 345 g/mol. The van der Waals surface area contributed by atoms with Crippen LogP contribution in [0.3, 0.4) is 0 Å². The lowest BCUT2D eigenvalue weighted by Gasteiger charge is -2.20. The van der Waals surface area contributed by atoms with Gasteiger partial charge in [-0.3, -0.25) is 4.79 Å². The third-order valence-corrected chi connectivity index (χ3v) is 5.98. The Bertz CT molecular complexity index is 739. The van der Waals surface area contributed by atoms with Crippen LogP contribution in [-0.4, -0.2) is 48.6 Å². The smallest absolute Gasteiger partial charge is 0.227 e. The number of aromatic nitrogens is 1. The summed E-state index contributed by atoms with van der Waals surface area (Å²) in [7, 11) is 0. The van der Waals surface area contributed by atoms with Crippen LogP contribution in [0.2, 0.25) is 0 Å². The fraction of sp³-hybridized carbons (Fsp3) is 0.556. The van der Waals surface area contributed by atoms with Gasteiger partial charge in [0.2, 0.25) is 5.91 Å². The van der Waals surface area contributed by atoms with Gasteiger partial charge in [0.05, 0.1) is 17.2 Å². The number of benzene rings is 1. The summed E-state index contributed by atoms with van der Waals surface area (Å²) in [5.41, 5.74) is 0.939. The molecule has 1 atom stereocenters. The highest BCUT2D eigenvalue weighted by Crippen LogP contribution is 2.36. The van der Waals surface area contributed by atoms with Gasteiger partial charge in [0, 0.05) is 26.2 Å². The highest BCUT2D eigenvalue weighted by atomic mass is 32.1. The summed E-state index contributed by atoms with van der Waals surface area (Å²) in [4.78, 5) is 21.7. The second-order valence-electron chi connectivity index (χ2n) is 6.50. The van der Waals surface area contributed by atoms with E-state index in [0.29, 0.717) is 12.5 Å². The summed E-state index contributed by atoms with van der Waals surface area (Å²) in [6.07, 6.45) is 3.24. The van der Waals surface area contributed by atoms with E-state index in [9.17, 15) is 4.79 Å². The maximum atomic E-state index is 12.6. The molecule has 0 spiro atoms. The zero-order valence-electron chi connectivity index (χ0n) is 14.0. The molecule has 0 radical (unpaired) electrons. The van der Waals surface area contributed by atoms with E-state index in [0.717, 1.165) is 66.5 Å². The van der Waals surface area contributed by atoms with Gasteiger partial charge >= 0.3 is 0 Å². The Morgan fingerprint density at radius 2 is 2.17 bits per heavy atom. The minimum Gasteiger partial charge on any atom is -0.492 e. The van der Waals surface area contributed by atoms with Crippen molar-refractivity contribution in [3.05, 3.63) is 18.2 Å². The van der Waals surface area contributed by atoms with Crippen molar-refractivity contribution < 1.29 is 9.53 Å². The van der Waals surface area contributed by atoms with Gasteiger partial charge in [-0.05, 0) is 38.3 Å². The highest BCUT2D eigenvalue weighted by Gasteiger charge is 2.33. The van der Waals surface area contributed by atoms with Crippen LogP contribution < -0.4 is 9.64 Å². The van der Waals surface area contributed by atoms with Gasteiger partial charge in [0.1, 0.15) is 11.3 Å². The Kier molecular flexibility index (Phi) is 4.31. The van der Waals surface area contributed by atoms with Crippen molar-refractivity contribution in [3.63, 3.8) is 0 Å². The maximum Gasteiger partial charge on any atom is 0.227 e. The maximum absolute atomic E-state index is 12.6. The second kappa shape index (κ2) is 6.59. The molecule has 2 aromatic rings. The lowest BCUT2D eigenvalue weighted by molar-refractivity contribution is -0.133. The Morgan fingerprint density at radius 1 is 1.33 bits per heavy atom. The van der Waals surface area contributed by atoms with Crippen LogP contribution in [0.5, 0.6) is 5.75 Å². The molecule has 1 unspecified atom stereocenters. The normalized spacial score (nSPS) is 21.0. The van der Waals surface area contributed by atoms with Crippen molar-refractivity contribution in [2.75, 3.05) is 37.7 Å². The Morgan fingerprint density at radius 3 is 2.96 bits per heavy atom. The number of carbonyl (C=O) groups is 1. The molecular formula is C18H23N3O2S. The molecule has 4 rings (SSSR count). The molecule has 2 aliphatic rings. The van der Waals surface area contributed by atoms with E-state index in [1.54, 1.807) is 11.3 Å². The van der Waals surface area contributed by atoms with Crippen molar-refractivity contribution in [2.45, 2.75) is 26.2 Å². The molecule has 1 aromatic heterocycles. The molecule has 24 heavy (non-hydrogen) atoms. The third kappa shape index (κ3) is 2.83. The molecule has 5 nitrogen and oxygen atoms in total. The number of amides is 1. The van der Waals surface area contributed by atoms with Crippen molar-refractivity contribution in [1.82, 2.24) is 9.88 Å². The zero-order chi connectivity index (χ0) is 16.5. The summed E-state index contributed by atoms with van der Waals surface area (Å²) in [5, 5.41) is 1.01. The quantitative estimate of drug-likeness (QED) is 0.854. The Labute approximate surface area is 146 Å². The van der Waals surface area contributed by atoms with Gasteiger partial charge in [-0.2, -0.15) is 0 Å². The first kappa shape index (κ1) is 15.7. The number of hydrogen-bond donors (Lipinski definition) is 0. The minimum absolute atomic E-state index is 0.126. The molecule has 0 bridgehead atoms. The molecule has 2 aliphatic heterocycles. The average Bonchev–Trinajstić information content (AvgIpc) is 3.33. The number of ether oxygens (including phenoxy) is 1. The summed E-state index contributed by atoms with van der Waals surface area (Å²) in [6.45, 7) is 6.21. The Hall–Kier alpha value is -1.82. The lowest BCUT2D eigenvalue weighted by atomic mass is 10.1. The minimum atomic E-state index is 0.126. The zero-order valence-corrected chi connectivity index (χ0v) is 14.8. The number of anilines is 1. The summed E-state index contributed by atoms with van der Waals surface area (Å²) in [5.74, 6) is 1.31. The summed E-state index contributed by atoms with van der Waals surface area (Å²) >= 11 is 1.69. The molecule has 0 aliphatic carbocycles. The van der Waals surface area contributed by atoms with E-state index < -0.39 is 0 Å². The van der Waals surface area contributed by atoms with Crippen molar-refractivity contribution >= 4 is 32.6 Å². The number of likely N-dealkylation sites (tertiary alicyclic amines) is 1. The topological polar surface area (TPSA) is 45.7 Å². The molecule has 6 heteroatoms. The van der Waals surface area contributed by atoms with Crippen molar-refractivity contribution in [2.24, 2.45) is 5.92 Å². The summed E-state index contributed by atoms with van der Waals surface area (Å²) < 4.78 is 6.83. The van der Waals surface area contributed by atoms with Crippen LogP contribution in [0.1, 0.15) is 26.2 Å². The van der Waals surface area contributed by atoms with Crippen LogP contribution in [0, 0.1) is 5.92 Å². The predicted octanol–water partition coefficient (Wildman–Crippen LogP) is 3.14. The van der Waals surface area contributed by atoms with Crippen LogP contribution in [0.25, 0.3) is 10.2 Å². The number of hydrogen-bond acceptors (Lipinski definition) is 5. The van der Waals surface area contributed by atoms with Gasteiger partial charge in [-0.15, -0.1) is 0 Å². The Balaban J connectivity index is 1.51. The van der Waals surface area contributed by atoms with Crippen molar-refractivity contribution in [1.29, 1.82) is 0 Å². The van der Waals surface area contributed by atoms with Crippen LogP contribution in [-0.2, 0) is 4.79 Å². The number of thiazole rings is 1.